The van der Waals surface area contributed by atoms with Crippen LogP contribution in [0.3, 0.4) is 0 Å². The molecule has 0 aliphatic carbocycles. The summed E-state index contributed by atoms with van der Waals surface area (Å²) in [5.74, 6) is 0. The van der Waals surface area contributed by atoms with Gasteiger partial charge in [0, 0.05) is 13.2 Å². The minimum absolute atomic E-state index is 0.0676. The molecular formula is C43H88O3. The third-order valence-electron chi connectivity index (χ3n) is 10.0. The van der Waals surface area contributed by atoms with Crippen molar-refractivity contribution in [1.82, 2.24) is 0 Å². The Hall–Kier alpha value is -0.120. The van der Waals surface area contributed by atoms with Crippen LogP contribution in [-0.2, 0) is 9.47 Å². The second-order valence-electron chi connectivity index (χ2n) is 14.8. The van der Waals surface area contributed by atoms with Crippen LogP contribution in [0.25, 0.3) is 0 Å². The standard InChI is InChI=1S/C43H88O3/c1-3-5-7-9-11-13-15-17-19-21-23-25-27-29-31-33-35-37-39-45-42-43(41-44)46-40-38-36-34-32-30-28-26-24-22-20-18-16-14-12-10-8-6-4-2/h43-44H,3-42H2,1-2H3. The van der Waals surface area contributed by atoms with Crippen molar-refractivity contribution < 1.29 is 14.6 Å². The van der Waals surface area contributed by atoms with Gasteiger partial charge in [-0.05, 0) is 12.8 Å². The number of hydrogen-bond donors (Lipinski definition) is 1. The molecular weight excluding hydrogens is 564 g/mol. The fraction of sp³-hybridized carbons (Fsp3) is 1.00. The number of aliphatic hydroxyl groups is 1. The number of rotatable bonds is 42. The molecule has 0 aliphatic heterocycles. The third kappa shape index (κ3) is 40.1. The summed E-state index contributed by atoms with van der Waals surface area (Å²) in [5.41, 5.74) is 0. The van der Waals surface area contributed by atoms with Gasteiger partial charge in [0.15, 0.2) is 0 Å². The van der Waals surface area contributed by atoms with Gasteiger partial charge in [0.05, 0.1) is 13.2 Å². The predicted octanol–water partition coefficient (Wildman–Crippen LogP) is 14.5. The Kier molecular flexibility index (Phi) is 42.8. The van der Waals surface area contributed by atoms with Crippen molar-refractivity contribution in [2.24, 2.45) is 0 Å². The maximum atomic E-state index is 9.63. The van der Waals surface area contributed by atoms with Crippen LogP contribution in [0.1, 0.15) is 245 Å². The smallest absolute Gasteiger partial charge is 0.104 e. The molecule has 46 heavy (non-hydrogen) atoms. The second-order valence-corrected chi connectivity index (χ2v) is 14.8. The zero-order valence-corrected chi connectivity index (χ0v) is 32.1. The lowest BCUT2D eigenvalue weighted by molar-refractivity contribution is -0.0437. The average molecular weight is 653 g/mol. The maximum absolute atomic E-state index is 9.63. The summed E-state index contributed by atoms with van der Waals surface area (Å²) in [4.78, 5) is 0. The highest BCUT2D eigenvalue weighted by atomic mass is 16.5. The Morgan fingerprint density at radius 3 is 0.826 bits per heavy atom. The maximum Gasteiger partial charge on any atom is 0.104 e. The lowest BCUT2D eigenvalue weighted by atomic mass is 10.0. The van der Waals surface area contributed by atoms with Crippen molar-refractivity contribution in [2.75, 3.05) is 26.4 Å². The van der Waals surface area contributed by atoms with E-state index in [1.807, 2.05) is 0 Å². The van der Waals surface area contributed by atoms with E-state index in [1.54, 1.807) is 0 Å². The monoisotopic (exact) mass is 653 g/mol. The van der Waals surface area contributed by atoms with Gasteiger partial charge in [-0.15, -0.1) is 0 Å². The molecule has 0 saturated heterocycles. The van der Waals surface area contributed by atoms with Crippen LogP contribution in [0, 0.1) is 0 Å². The van der Waals surface area contributed by atoms with Crippen molar-refractivity contribution in [2.45, 2.75) is 251 Å². The van der Waals surface area contributed by atoms with Gasteiger partial charge in [0.1, 0.15) is 6.10 Å². The first-order valence-electron chi connectivity index (χ1n) is 21.6. The molecule has 0 amide bonds. The first-order chi connectivity index (χ1) is 22.8. The van der Waals surface area contributed by atoms with E-state index >= 15 is 0 Å². The number of ether oxygens (including phenoxy) is 2. The van der Waals surface area contributed by atoms with Gasteiger partial charge in [-0.2, -0.15) is 0 Å². The Balaban J connectivity index is 3.23. The van der Waals surface area contributed by atoms with Gasteiger partial charge in [0.2, 0.25) is 0 Å². The molecule has 0 heterocycles. The molecule has 0 saturated carbocycles. The Bertz CT molecular complexity index is 510. The van der Waals surface area contributed by atoms with Crippen LogP contribution in [0.4, 0.5) is 0 Å². The lowest BCUT2D eigenvalue weighted by Gasteiger charge is -2.15. The first-order valence-corrected chi connectivity index (χ1v) is 21.6. The highest BCUT2D eigenvalue weighted by molar-refractivity contribution is 4.56. The van der Waals surface area contributed by atoms with Crippen LogP contribution >= 0.6 is 0 Å². The molecule has 0 aliphatic rings. The van der Waals surface area contributed by atoms with Crippen LogP contribution in [0.2, 0.25) is 0 Å². The normalized spacial score (nSPS) is 12.3. The quantitative estimate of drug-likeness (QED) is 0.0667. The molecule has 1 atom stereocenters. The van der Waals surface area contributed by atoms with E-state index in [0.29, 0.717) is 6.61 Å². The lowest BCUT2D eigenvalue weighted by Crippen LogP contribution is -2.24. The summed E-state index contributed by atoms with van der Waals surface area (Å²) >= 11 is 0. The van der Waals surface area contributed by atoms with Crippen molar-refractivity contribution in [3.8, 4) is 0 Å². The van der Waals surface area contributed by atoms with Crippen molar-refractivity contribution in [3.63, 3.8) is 0 Å². The zero-order chi connectivity index (χ0) is 33.3. The summed E-state index contributed by atoms with van der Waals surface area (Å²) in [5, 5.41) is 9.63. The fourth-order valence-electron chi connectivity index (χ4n) is 6.73. The highest BCUT2D eigenvalue weighted by Crippen LogP contribution is 2.16. The summed E-state index contributed by atoms with van der Waals surface area (Å²) in [6.45, 7) is 6.76. The topological polar surface area (TPSA) is 38.7 Å². The van der Waals surface area contributed by atoms with Gasteiger partial charge < -0.3 is 14.6 Å². The van der Waals surface area contributed by atoms with E-state index in [1.165, 1.54) is 218 Å². The average Bonchev–Trinajstić information content (AvgIpc) is 3.07. The number of hydrogen-bond acceptors (Lipinski definition) is 3. The Labute approximate surface area is 291 Å². The van der Waals surface area contributed by atoms with Crippen LogP contribution < -0.4 is 0 Å². The highest BCUT2D eigenvalue weighted by Gasteiger charge is 2.07. The molecule has 0 rings (SSSR count). The molecule has 0 aromatic carbocycles. The van der Waals surface area contributed by atoms with Gasteiger partial charge in [-0.25, -0.2) is 0 Å². The molecule has 1 N–H and O–H groups in total. The largest absolute Gasteiger partial charge is 0.394 e. The zero-order valence-electron chi connectivity index (χ0n) is 32.1. The van der Waals surface area contributed by atoms with E-state index in [0.717, 1.165) is 26.1 Å². The molecule has 0 aromatic rings. The van der Waals surface area contributed by atoms with Gasteiger partial charge in [-0.3, -0.25) is 0 Å². The van der Waals surface area contributed by atoms with Crippen molar-refractivity contribution >= 4 is 0 Å². The predicted molar refractivity (Wildman–Crippen MR) is 205 cm³/mol. The molecule has 0 spiro atoms. The van der Waals surface area contributed by atoms with E-state index in [4.69, 9.17) is 9.47 Å². The summed E-state index contributed by atoms with van der Waals surface area (Å²) < 4.78 is 11.7. The van der Waals surface area contributed by atoms with Crippen LogP contribution in [0.5, 0.6) is 0 Å². The fourth-order valence-corrected chi connectivity index (χ4v) is 6.73. The molecule has 0 bridgehead atoms. The second kappa shape index (κ2) is 42.9. The van der Waals surface area contributed by atoms with Gasteiger partial charge in [-0.1, -0.05) is 232 Å². The number of unbranched alkanes of at least 4 members (excludes halogenated alkanes) is 34. The van der Waals surface area contributed by atoms with Crippen LogP contribution in [-0.4, -0.2) is 37.6 Å². The van der Waals surface area contributed by atoms with E-state index in [9.17, 15) is 5.11 Å². The number of aliphatic hydroxyl groups excluding tert-OH is 1. The SMILES string of the molecule is CCCCCCCCCCCCCCCCCCCCOCC(CO)OCCCCCCCCCCCCCCCCCCCC. The van der Waals surface area contributed by atoms with E-state index < -0.39 is 0 Å². The van der Waals surface area contributed by atoms with E-state index in [2.05, 4.69) is 13.8 Å². The Morgan fingerprint density at radius 1 is 0.326 bits per heavy atom. The first kappa shape index (κ1) is 45.9. The molecule has 3 nitrogen and oxygen atoms in total. The minimum atomic E-state index is -0.152. The molecule has 278 valence electrons. The molecule has 0 radical (unpaired) electrons. The van der Waals surface area contributed by atoms with E-state index in [-0.39, 0.29) is 12.7 Å². The Morgan fingerprint density at radius 2 is 0.565 bits per heavy atom. The molecule has 0 fully saturated rings. The van der Waals surface area contributed by atoms with Crippen LogP contribution in [0.15, 0.2) is 0 Å². The minimum Gasteiger partial charge on any atom is -0.394 e. The summed E-state index contributed by atoms with van der Waals surface area (Å²) in [7, 11) is 0. The van der Waals surface area contributed by atoms with Crippen molar-refractivity contribution in [1.29, 1.82) is 0 Å². The molecule has 0 aromatic heterocycles. The third-order valence-corrected chi connectivity index (χ3v) is 10.0. The molecule has 3 heteroatoms. The van der Waals surface area contributed by atoms with Crippen molar-refractivity contribution in [3.05, 3.63) is 0 Å². The van der Waals surface area contributed by atoms with Gasteiger partial charge in [0.25, 0.3) is 0 Å². The summed E-state index contributed by atoms with van der Waals surface area (Å²) in [6.07, 6.45) is 50.2. The summed E-state index contributed by atoms with van der Waals surface area (Å²) in [6, 6.07) is 0. The molecule has 1 unspecified atom stereocenters. The van der Waals surface area contributed by atoms with Gasteiger partial charge >= 0.3 is 0 Å².